The summed E-state index contributed by atoms with van der Waals surface area (Å²) < 4.78 is 36.4. The molecule has 8 heteroatoms. The van der Waals surface area contributed by atoms with Crippen molar-refractivity contribution in [3.8, 4) is 0 Å². The number of nitrogens with zero attached hydrogens (tertiary/aromatic N) is 1. The van der Waals surface area contributed by atoms with Crippen molar-refractivity contribution in [1.29, 1.82) is 0 Å². The van der Waals surface area contributed by atoms with Crippen molar-refractivity contribution in [2.24, 2.45) is 0 Å². The quantitative estimate of drug-likeness (QED) is 0.460. The van der Waals surface area contributed by atoms with Gasteiger partial charge in [-0.15, -0.1) is 0 Å². The molecule has 0 aromatic heterocycles. The third kappa shape index (κ3) is 8.46. The van der Waals surface area contributed by atoms with Crippen molar-refractivity contribution >= 4 is 16.0 Å². The molecule has 0 spiro atoms. The molecule has 0 fully saturated rings. The molecule has 0 atom stereocenters. The first kappa shape index (κ1) is 18.7. The summed E-state index contributed by atoms with van der Waals surface area (Å²) in [4.78, 5) is 10.2. The second-order valence-electron chi connectivity index (χ2n) is 3.91. The Morgan fingerprint density at radius 2 is 1.88 bits per heavy atom. The fourth-order valence-electron chi connectivity index (χ4n) is 0.808. The maximum atomic E-state index is 13.0. The second-order valence-corrected chi connectivity index (χ2v) is 6.11. The average molecular weight is 263 g/mol. The Kier molecular flexibility index (Phi) is 8.06. The second kappa shape index (κ2) is 6.90. The number of halogens is 1. The van der Waals surface area contributed by atoms with E-state index in [4.69, 9.17) is 0 Å². The van der Waals surface area contributed by atoms with Gasteiger partial charge in [-0.2, -0.15) is 4.31 Å². The van der Waals surface area contributed by atoms with Crippen LogP contribution in [0.2, 0.25) is 0 Å². The van der Waals surface area contributed by atoms with Gasteiger partial charge in [-0.3, -0.25) is 0 Å². The first-order valence-corrected chi connectivity index (χ1v) is 5.98. The number of aliphatic carboxylic acids is 1. The van der Waals surface area contributed by atoms with Crippen LogP contribution in [-0.2, 0) is 14.8 Å². The standard InChI is InChI=1S/C8H16FNO4S.Na/c1-8(2,9)4-5-15(13,14)10(3)6-7(11)12;/h4-6H2,1-3H3,(H,11,12);/q;+1/p-1. The molecule has 0 unspecified atom stereocenters. The summed E-state index contributed by atoms with van der Waals surface area (Å²) in [5.74, 6) is -1.90. The summed E-state index contributed by atoms with van der Waals surface area (Å²) in [6.45, 7) is 1.82. The number of rotatable bonds is 6. The number of alkyl halides is 1. The number of likely N-dealkylation sites (N-methyl/N-ethyl adjacent to an activating group) is 1. The molecule has 0 saturated heterocycles. The molecule has 0 heterocycles. The minimum atomic E-state index is -3.72. The molecule has 16 heavy (non-hydrogen) atoms. The van der Waals surface area contributed by atoms with Crippen LogP contribution in [0.25, 0.3) is 0 Å². The molecular weight excluding hydrogens is 248 g/mol. The van der Waals surface area contributed by atoms with Gasteiger partial charge in [0.1, 0.15) is 5.67 Å². The van der Waals surface area contributed by atoms with Gasteiger partial charge < -0.3 is 9.90 Å². The molecular formula is C8H15FNNaO4S. The Bertz CT molecular complexity index is 325. The number of carbonyl (C=O) groups excluding carboxylic acids is 1. The summed E-state index contributed by atoms with van der Waals surface area (Å²) in [7, 11) is -2.59. The van der Waals surface area contributed by atoms with Gasteiger partial charge in [-0.25, -0.2) is 12.8 Å². The van der Waals surface area contributed by atoms with E-state index in [-0.39, 0.29) is 36.0 Å². The Morgan fingerprint density at radius 3 is 2.19 bits per heavy atom. The van der Waals surface area contributed by atoms with Crippen molar-refractivity contribution in [3.05, 3.63) is 0 Å². The summed E-state index contributed by atoms with van der Waals surface area (Å²) in [6.07, 6.45) is -0.174. The van der Waals surface area contributed by atoms with E-state index in [0.717, 1.165) is 7.05 Å². The fourth-order valence-corrected chi connectivity index (χ4v) is 2.16. The van der Waals surface area contributed by atoms with Crippen LogP contribution in [0, 0.1) is 0 Å². The van der Waals surface area contributed by atoms with Crippen LogP contribution in [0.1, 0.15) is 20.3 Å². The smallest absolute Gasteiger partial charge is 0.549 e. The topological polar surface area (TPSA) is 77.5 Å². The maximum absolute atomic E-state index is 13.0. The van der Waals surface area contributed by atoms with Gasteiger partial charge in [-0.1, -0.05) is 0 Å². The van der Waals surface area contributed by atoms with Crippen molar-refractivity contribution in [3.63, 3.8) is 0 Å². The van der Waals surface area contributed by atoms with Gasteiger partial charge in [0.25, 0.3) is 0 Å². The Labute approximate surface area is 117 Å². The van der Waals surface area contributed by atoms with E-state index in [1.165, 1.54) is 13.8 Å². The number of carbonyl (C=O) groups is 1. The SMILES string of the molecule is CN(CC(=O)[O-])S(=O)(=O)CCC(C)(C)F.[Na+]. The third-order valence-electron chi connectivity index (χ3n) is 1.78. The average Bonchev–Trinajstić information content (AvgIpc) is 1.98. The van der Waals surface area contributed by atoms with Crippen molar-refractivity contribution in [2.45, 2.75) is 25.9 Å². The van der Waals surface area contributed by atoms with Gasteiger partial charge in [0.05, 0.1) is 18.3 Å². The number of carboxylic acid groups (broad SMARTS) is 1. The van der Waals surface area contributed by atoms with Crippen LogP contribution in [0.5, 0.6) is 0 Å². The van der Waals surface area contributed by atoms with Gasteiger partial charge >= 0.3 is 29.6 Å². The van der Waals surface area contributed by atoms with Crippen LogP contribution >= 0.6 is 0 Å². The van der Waals surface area contributed by atoms with E-state index < -0.39 is 34.0 Å². The third-order valence-corrected chi connectivity index (χ3v) is 3.58. The van der Waals surface area contributed by atoms with Crippen LogP contribution in [0.15, 0.2) is 0 Å². The van der Waals surface area contributed by atoms with Crippen molar-refractivity contribution < 1.29 is 52.3 Å². The molecule has 0 aromatic rings. The van der Waals surface area contributed by atoms with Crippen LogP contribution in [0.4, 0.5) is 4.39 Å². The minimum Gasteiger partial charge on any atom is -0.549 e. The molecule has 0 aliphatic heterocycles. The summed E-state index contributed by atoms with van der Waals surface area (Å²) in [5, 5.41) is 10.2. The first-order valence-electron chi connectivity index (χ1n) is 4.37. The van der Waals surface area contributed by atoms with E-state index in [9.17, 15) is 22.7 Å². The molecule has 0 bridgehead atoms. The van der Waals surface area contributed by atoms with Crippen molar-refractivity contribution in [1.82, 2.24) is 4.31 Å². The van der Waals surface area contributed by atoms with Crippen LogP contribution in [0.3, 0.4) is 0 Å². The molecule has 0 rings (SSSR count). The first-order chi connectivity index (χ1) is 6.54. The zero-order valence-corrected chi connectivity index (χ0v) is 12.8. The molecule has 0 radical (unpaired) electrons. The van der Waals surface area contributed by atoms with Gasteiger partial charge in [0, 0.05) is 7.05 Å². The molecule has 5 nitrogen and oxygen atoms in total. The molecule has 0 aromatic carbocycles. The van der Waals surface area contributed by atoms with Gasteiger partial charge in [-0.05, 0) is 20.3 Å². The molecule has 0 saturated carbocycles. The maximum Gasteiger partial charge on any atom is 1.00 e. The summed E-state index contributed by atoms with van der Waals surface area (Å²) in [6, 6.07) is 0. The van der Waals surface area contributed by atoms with Crippen LogP contribution in [-0.4, -0.2) is 43.7 Å². The Balaban J connectivity index is 0. The predicted molar refractivity (Wildman–Crippen MR) is 51.2 cm³/mol. The van der Waals surface area contributed by atoms with Crippen molar-refractivity contribution in [2.75, 3.05) is 19.3 Å². The minimum absolute atomic E-state index is 0. The molecule has 90 valence electrons. The molecule has 0 N–H and O–H groups in total. The van der Waals surface area contributed by atoms with Crippen LogP contribution < -0.4 is 34.7 Å². The van der Waals surface area contributed by atoms with E-state index >= 15 is 0 Å². The van der Waals surface area contributed by atoms with E-state index in [0.29, 0.717) is 4.31 Å². The number of hydrogen-bond donors (Lipinski definition) is 0. The number of hydrogen-bond acceptors (Lipinski definition) is 4. The molecule has 0 aliphatic carbocycles. The van der Waals surface area contributed by atoms with E-state index in [1.54, 1.807) is 0 Å². The monoisotopic (exact) mass is 263 g/mol. The van der Waals surface area contributed by atoms with E-state index in [2.05, 4.69) is 0 Å². The number of carboxylic acids is 1. The van der Waals surface area contributed by atoms with Gasteiger partial charge in [0.15, 0.2) is 0 Å². The van der Waals surface area contributed by atoms with E-state index in [1.807, 2.05) is 0 Å². The fraction of sp³-hybridized carbons (Fsp3) is 0.875. The zero-order valence-electron chi connectivity index (χ0n) is 9.99. The van der Waals surface area contributed by atoms with Gasteiger partial charge in [0.2, 0.25) is 10.0 Å². The largest absolute Gasteiger partial charge is 1.00 e. The Morgan fingerprint density at radius 1 is 1.44 bits per heavy atom. The summed E-state index contributed by atoms with van der Waals surface area (Å²) >= 11 is 0. The summed E-state index contributed by atoms with van der Waals surface area (Å²) in [5.41, 5.74) is -1.59. The number of sulfonamides is 1. The molecule has 0 amide bonds. The predicted octanol–water partition coefficient (Wildman–Crippen LogP) is -3.86. The molecule has 0 aliphatic rings. The normalized spacial score (nSPS) is 12.3. The zero-order chi connectivity index (χ0) is 12.3. The Hall–Kier alpha value is 0.310.